The van der Waals surface area contributed by atoms with Crippen LogP contribution in [0.5, 0.6) is 0 Å². The summed E-state index contributed by atoms with van der Waals surface area (Å²) < 4.78 is 0. The van der Waals surface area contributed by atoms with Crippen molar-refractivity contribution in [1.82, 2.24) is 10.2 Å². The SMILES string of the molecule is CCC(=O)C([C]=O)CN1CCNCC1. The molecule has 1 fully saturated rings. The van der Waals surface area contributed by atoms with Crippen LogP contribution in [-0.4, -0.2) is 49.7 Å². The number of nitrogens with zero attached hydrogens (tertiary/aromatic N) is 1. The summed E-state index contributed by atoms with van der Waals surface area (Å²) in [6.07, 6.45) is 2.26. The number of carbonyl (C=O) groups is 1. The van der Waals surface area contributed by atoms with Gasteiger partial charge < -0.3 is 5.32 Å². The first-order valence-corrected chi connectivity index (χ1v) is 5.11. The molecule has 1 radical (unpaired) electrons. The Morgan fingerprint density at radius 2 is 2.14 bits per heavy atom. The highest BCUT2D eigenvalue weighted by molar-refractivity contribution is 5.93. The van der Waals surface area contributed by atoms with Gasteiger partial charge in [-0.05, 0) is 0 Å². The molecule has 0 amide bonds. The van der Waals surface area contributed by atoms with Crippen LogP contribution in [0.1, 0.15) is 13.3 Å². The average molecular weight is 197 g/mol. The molecule has 0 aromatic carbocycles. The number of carbonyl (C=O) groups excluding carboxylic acids is 2. The zero-order valence-corrected chi connectivity index (χ0v) is 8.58. The normalized spacial score (nSPS) is 20.4. The van der Waals surface area contributed by atoms with Crippen LogP contribution in [0.4, 0.5) is 0 Å². The highest BCUT2D eigenvalue weighted by atomic mass is 16.1. The quantitative estimate of drug-likeness (QED) is 0.609. The summed E-state index contributed by atoms with van der Waals surface area (Å²) in [5.41, 5.74) is 0. The molecule has 0 saturated carbocycles. The van der Waals surface area contributed by atoms with Gasteiger partial charge in [-0.3, -0.25) is 14.5 Å². The maximum atomic E-state index is 11.3. The number of ketones is 1. The Balaban J connectivity index is 2.38. The molecule has 1 saturated heterocycles. The predicted molar refractivity (Wildman–Crippen MR) is 53.8 cm³/mol. The van der Waals surface area contributed by atoms with E-state index in [0.29, 0.717) is 13.0 Å². The summed E-state index contributed by atoms with van der Waals surface area (Å²) in [5, 5.41) is 3.22. The lowest BCUT2D eigenvalue weighted by atomic mass is 10.0. The molecule has 4 nitrogen and oxygen atoms in total. The Kier molecular flexibility index (Phi) is 4.76. The van der Waals surface area contributed by atoms with Gasteiger partial charge in [0.05, 0.1) is 5.92 Å². The minimum absolute atomic E-state index is 0.00136. The first kappa shape index (κ1) is 11.3. The smallest absolute Gasteiger partial charge is 0.210 e. The standard InChI is InChI=1S/C10H17N2O2/c1-2-10(14)9(8-13)7-12-5-3-11-4-6-12/h9,11H,2-7H2,1H3. The molecule has 14 heavy (non-hydrogen) atoms. The van der Waals surface area contributed by atoms with E-state index in [9.17, 15) is 9.59 Å². The van der Waals surface area contributed by atoms with E-state index in [1.54, 1.807) is 6.92 Å². The third-order valence-electron chi connectivity index (χ3n) is 2.53. The van der Waals surface area contributed by atoms with Crippen molar-refractivity contribution in [3.05, 3.63) is 0 Å². The molecule has 0 bridgehead atoms. The van der Waals surface area contributed by atoms with Crippen LogP contribution < -0.4 is 5.32 Å². The highest BCUT2D eigenvalue weighted by Gasteiger charge is 2.21. The molecule has 1 unspecified atom stereocenters. The average Bonchev–Trinajstić information content (AvgIpc) is 2.26. The Labute approximate surface area is 84.7 Å². The van der Waals surface area contributed by atoms with E-state index in [-0.39, 0.29) is 5.78 Å². The lowest BCUT2D eigenvalue weighted by Gasteiger charge is -2.28. The van der Waals surface area contributed by atoms with Gasteiger partial charge in [-0.2, -0.15) is 0 Å². The Bertz CT molecular complexity index is 200. The number of rotatable bonds is 5. The number of piperazine rings is 1. The van der Waals surface area contributed by atoms with E-state index in [2.05, 4.69) is 10.2 Å². The lowest BCUT2D eigenvalue weighted by molar-refractivity contribution is -0.121. The molecule has 0 spiro atoms. The minimum Gasteiger partial charge on any atom is -0.314 e. The molecule has 1 N–H and O–H groups in total. The van der Waals surface area contributed by atoms with Crippen LogP contribution in [-0.2, 0) is 9.59 Å². The van der Waals surface area contributed by atoms with Gasteiger partial charge in [-0.25, -0.2) is 0 Å². The fourth-order valence-electron chi connectivity index (χ4n) is 1.60. The van der Waals surface area contributed by atoms with Crippen molar-refractivity contribution >= 4 is 12.1 Å². The first-order valence-electron chi connectivity index (χ1n) is 5.11. The van der Waals surface area contributed by atoms with Crippen LogP contribution in [0.3, 0.4) is 0 Å². The van der Waals surface area contributed by atoms with Crippen molar-refractivity contribution in [2.45, 2.75) is 13.3 Å². The summed E-state index contributed by atoms with van der Waals surface area (Å²) in [4.78, 5) is 24.0. The van der Waals surface area contributed by atoms with E-state index in [1.165, 1.54) is 0 Å². The molecule has 79 valence electrons. The molecule has 4 heteroatoms. The zero-order chi connectivity index (χ0) is 10.4. The molecule has 1 heterocycles. The fraction of sp³-hybridized carbons (Fsp3) is 0.800. The van der Waals surface area contributed by atoms with Crippen molar-refractivity contribution in [3.8, 4) is 0 Å². The van der Waals surface area contributed by atoms with Crippen molar-refractivity contribution in [3.63, 3.8) is 0 Å². The van der Waals surface area contributed by atoms with Crippen molar-refractivity contribution in [2.75, 3.05) is 32.7 Å². The number of hydrogen-bond donors (Lipinski definition) is 1. The van der Waals surface area contributed by atoms with Gasteiger partial charge in [-0.15, -0.1) is 0 Å². The summed E-state index contributed by atoms with van der Waals surface area (Å²) in [5.74, 6) is -0.545. The largest absolute Gasteiger partial charge is 0.314 e. The minimum atomic E-state index is -0.543. The second-order valence-electron chi connectivity index (χ2n) is 3.54. The maximum Gasteiger partial charge on any atom is 0.210 e. The van der Waals surface area contributed by atoms with Crippen molar-refractivity contribution < 1.29 is 9.59 Å². The van der Waals surface area contributed by atoms with E-state index in [1.807, 2.05) is 6.29 Å². The third-order valence-corrected chi connectivity index (χ3v) is 2.53. The van der Waals surface area contributed by atoms with E-state index >= 15 is 0 Å². The van der Waals surface area contributed by atoms with Crippen molar-refractivity contribution in [1.29, 1.82) is 0 Å². The molecule has 0 aromatic rings. The van der Waals surface area contributed by atoms with E-state index in [0.717, 1.165) is 26.2 Å². The highest BCUT2D eigenvalue weighted by Crippen LogP contribution is 2.03. The molecular formula is C10H17N2O2. The fourth-order valence-corrected chi connectivity index (χ4v) is 1.60. The Hall–Kier alpha value is -0.740. The van der Waals surface area contributed by atoms with Gasteiger partial charge in [0.1, 0.15) is 5.78 Å². The summed E-state index contributed by atoms with van der Waals surface area (Å²) in [6.45, 7) is 6.02. The number of Topliss-reactive ketones (excluding diaryl/α,β-unsaturated/α-hetero) is 1. The second-order valence-corrected chi connectivity index (χ2v) is 3.54. The molecule has 1 atom stereocenters. The van der Waals surface area contributed by atoms with Crippen LogP contribution >= 0.6 is 0 Å². The van der Waals surface area contributed by atoms with E-state index in [4.69, 9.17) is 0 Å². The van der Waals surface area contributed by atoms with Gasteiger partial charge in [0, 0.05) is 39.1 Å². The summed E-state index contributed by atoms with van der Waals surface area (Å²) >= 11 is 0. The van der Waals surface area contributed by atoms with E-state index < -0.39 is 5.92 Å². The Morgan fingerprint density at radius 1 is 1.50 bits per heavy atom. The molecular weight excluding hydrogens is 180 g/mol. The van der Waals surface area contributed by atoms with Crippen LogP contribution in [0.25, 0.3) is 0 Å². The molecule has 1 rings (SSSR count). The first-order chi connectivity index (χ1) is 6.77. The van der Waals surface area contributed by atoms with Crippen LogP contribution in [0.2, 0.25) is 0 Å². The molecule has 0 aliphatic carbocycles. The molecule has 0 aromatic heterocycles. The summed E-state index contributed by atoms with van der Waals surface area (Å²) in [6, 6.07) is 0. The molecule has 1 aliphatic heterocycles. The second kappa shape index (κ2) is 5.88. The number of nitrogens with one attached hydrogen (secondary N) is 1. The summed E-state index contributed by atoms with van der Waals surface area (Å²) in [7, 11) is 0. The maximum absolute atomic E-state index is 11.3. The third kappa shape index (κ3) is 3.20. The predicted octanol–water partition coefficient (Wildman–Crippen LogP) is -0.403. The topological polar surface area (TPSA) is 49.4 Å². The van der Waals surface area contributed by atoms with Gasteiger partial charge >= 0.3 is 0 Å². The molecule has 1 aliphatic rings. The Morgan fingerprint density at radius 3 is 2.64 bits per heavy atom. The van der Waals surface area contributed by atoms with Gasteiger partial charge in [0.2, 0.25) is 6.29 Å². The van der Waals surface area contributed by atoms with Gasteiger partial charge in [-0.1, -0.05) is 6.92 Å². The lowest BCUT2D eigenvalue weighted by Crippen LogP contribution is -2.46. The monoisotopic (exact) mass is 197 g/mol. The zero-order valence-electron chi connectivity index (χ0n) is 8.58. The van der Waals surface area contributed by atoms with Gasteiger partial charge in [0.25, 0.3) is 0 Å². The van der Waals surface area contributed by atoms with Gasteiger partial charge in [0.15, 0.2) is 0 Å². The van der Waals surface area contributed by atoms with Crippen LogP contribution in [0.15, 0.2) is 0 Å². The van der Waals surface area contributed by atoms with Crippen molar-refractivity contribution in [2.24, 2.45) is 5.92 Å². The number of hydrogen-bond acceptors (Lipinski definition) is 4. The van der Waals surface area contributed by atoms with Crippen LogP contribution in [0, 0.1) is 5.92 Å².